The molecule has 5 rings (SSSR count). The molecule has 5 saturated heterocycles. The molecule has 5 heterocycles. The van der Waals surface area contributed by atoms with Crippen LogP contribution in [0, 0.1) is 5.41 Å². The SMILES string of the molecule is C=CC(C)(CC/C=C(\C)CCC=C(C)C)C(O)CO[C@H](COP(=O)(O)O[C@H]1O[C@@H](C(N)=O)[C@@](C)(O)[C@H](OC(N)=O)[C@@H]1O[C@@H]1O[C@@H](CO[C@@H]2O[C@@H](CO)[C@@H](O)[C@H](O)[C@@H]2O)[C@@H](O[C@@H]2O[C@@H](C)[C@@H](O[C@@H]3O[C@@H](C(N)=O)[C@H](O)[C@H](O)[C@@H]3O)[C@H](O)[C@@H]2NC(C)=O)[C@H](O)[C@@H]1NC(C)=O)C(=O)O. The second-order valence-corrected chi connectivity index (χ2v) is 25.8. The molecule has 544 valence electrons. The van der Waals surface area contributed by atoms with Gasteiger partial charge in [-0.25, -0.2) is 14.2 Å². The predicted molar refractivity (Wildman–Crippen MR) is 314 cm³/mol. The minimum atomic E-state index is -5.90. The normalized spacial score (nSPS) is 38.8. The number of aliphatic hydroxyl groups excluding tert-OH is 10. The zero-order chi connectivity index (χ0) is 71.5. The van der Waals surface area contributed by atoms with Gasteiger partial charge in [0.25, 0.3) is 0 Å². The average Bonchev–Trinajstić information content (AvgIpc) is 0.754. The van der Waals surface area contributed by atoms with Crippen LogP contribution in [-0.2, 0) is 89.7 Å². The summed E-state index contributed by atoms with van der Waals surface area (Å²) in [4.78, 5) is 87.7. The van der Waals surface area contributed by atoms with Crippen LogP contribution >= 0.6 is 7.82 Å². The third-order valence-corrected chi connectivity index (χ3v) is 17.5. The summed E-state index contributed by atoms with van der Waals surface area (Å²) in [5.41, 5.74) is 14.6. The third kappa shape index (κ3) is 20.8. The number of aliphatic carboxylic acids is 1. The van der Waals surface area contributed by atoms with Gasteiger partial charge in [-0.1, -0.05) is 36.3 Å². The molecule has 3 unspecified atom stereocenters. The van der Waals surface area contributed by atoms with Gasteiger partial charge in [-0.3, -0.25) is 28.2 Å². The Labute approximate surface area is 544 Å². The maximum absolute atomic E-state index is 14.0. The molecule has 39 heteroatoms. The lowest BCUT2D eigenvalue weighted by molar-refractivity contribution is -0.375. The van der Waals surface area contributed by atoms with Crippen molar-refractivity contribution in [1.29, 1.82) is 0 Å². The van der Waals surface area contributed by atoms with Crippen molar-refractivity contribution in [2.75, 3.05) is 26.4 Å². The minimum Gasteiger partial charge on any atom is -0.479 e. The topological polar surface area (TPSA) is 605 Å². The first-order valence-electron chi connectivity index (χ1n) is 30.0. The maximum atomic E-state index is 14.0. The largest absolute Gasteiger partial charge is 0.479 e. The van der Waals surface area contributed by atoms with Gasteiger partial charge in [0.2, 0.25) is 23.6 Å². The second-order valence-electron chi connectivity index (χ2n) is 24.4. The lowest BCUT2D eigenvalue weighted by Gasteiger charge is -2.52. The molecular formula is C56H92N5O33P. The van der Waals surface area contributed by atoms with Gasteiger partial charge >= 0.3 is 19.9 Å². The number of ether oxygens (including phenoxy) is 11. The van der Waals surface area contributed by atoms with E-state index in [4.69, 9.17) is 78.4 Å². The summed E-state index contributed by atoms with van der Waals surface area (Å²) in [6, 6.07) is -3.93. The number of primary amides is 3. The van der Waals surface area contributed by atoms with E-state index in [2.05, 4.69) is 23.3 Å². The Morgan fingerprint density at radius 1 is 0.695 bits per heavy atom. The minimum absolute atomic E-state index is 0.327. The van der Waals surface area contributed by atoms with E-state index >= 15 is 0 Å². The quantitative estimate of drug-likeness (QED) is 0.0220. The number of carbonyl (C=O) groups is 6. The van der Waals surface area contributed by atoms with E-state index < -0.39 is 240 Å². The number of carboxylic acids is 1. The number of phosphoric acid groups is 1. The summed E-state index contributed by atoms with van der Waals surface area (Å²) in [6.07, 6.45) is -43.5. The number of amides is 5. The molecule has 5 aliphatic rings. The first-order valence-corrected chi connectivity index (χ1v) is 31.5. The number of nitrogens with one attached hydrogen (secondary N) is 2. The zero-order valence-electron chi connectivity index (χ0n) is 53.3. The van der Waals surface area contributed by atoms with Crippen molar-refractivity contribution in [2.24, 2.45) is 22.6 Å². The van der Waals surface area contributed by atoms with Crippen LogP contribution in [0.4, 0.5) is 4.79 Å². The van der Waals surface area contributed by atoms with Crippen molar-refractivity contribution in [3.05, 3.63) is 36.0 Å². The highest BCUT2D eigenvalue weighted by Gasteiger charge is 2.62. The number of carbonyl (C=O) groups excluding carboxylic acids is 5. The van der Waals surface area contributed by atoms with E-state index in [-0.39, 0.29) is 0 Å². The Morgan fingerprint density at radius 2 is 1.25 bits per heavy atom. The molecule has 95 heavy (non-hydrogen) atoms. The number of nitrogens with two attached hydrogens (primary N) is 3. The first kappa shape index (κ1) is 80.8. The number of hydrogen-bond donors (Lipinski definition) is 18. The van der Waals surface area contributed by atoms with Crippen LogP contribution < -0.4 is 27.8 Å². The van der Waals surface area contributed by atoms with Crippen LogP contribution in [0.25, 0.3) is 0 Å². The smallest absolute Gasteiger partial charge is 0.474 e. The highest BCUT2D eigenvalue weighted by atomic mass is 31.2. The maximum Gasteiger partial charge on any atom is 0.474 e. The number of allylic oxidation sites excluding steroid dienone is 4. The monoisotopic (exact) mass is 1390 g/mol. The lowest BCUT2D eigenvalue weighted by atomic mass is 9.80. The molecule has 0 radical (unpaired) electrons. The van der Waals surface area contributed by atoms with E-state index in [1.165, 1.54) is 18.6 Å². The standard InChI is InChI=1S/C56H92N5O33P/c1-10-55(8,16-12-15-22(4)14-11-13-21(2)3)29(65)20-82-28(48(76)77)19-84-95(80,81)94-53-43(44(93-54(59)78)56(9,79)45(92-53)47(58)75)91-50-31(61-25(7)64)34(68)41(27(87-50)18-83-51-38(72)35(69)32(66)26(17-62)86-51)89-49-30(60-24(6)63)33(67)40(23(5)85-49)88-52-39(73)36(70)37(71)42(90-52)46(57)74/h10,13,15,23,26-45,49-53,62,65-73,79H,1,11-12,14,16-20H2,2-9H3,(H2,57,74)(H2,58,75)(H2,59,78)(H,60,63)(H,61,64)(H,76,77)(H,80,81)/b22-15+/t23-,26-,27-,28+,29?,30-,31-,32+,33+,34+,35-,36-,37+,38-,39-,40+,41+,42+,43-,44+,45-,49-,50-,51+,52+,53+,55?,56-/m0/s1. The molecule has 0 saturated carbocycles. The van der Waals surface area contributed by atoms with Gasteiger partial charge in [-0.05, 0) is 60.3 Å². The van der Waals surface area contributed by atoms with Gasteiger partial charge < -0.3 is 146 Å². The van der Waals surface area contributed by atoms with Gasteiger partial charge in [-0.15, -0.1) is 6.58 Å². The number of rotatable bonds is 32. The Hall–Kier alpha value is -4.89. The molecule has 0 spiro atoms. The summed E-state index contributed by atoms with van der Waals surface area (Å²) in [7, 11) is -5.90. The number of aliphatic hydroxyl groups is 11. The van der Waals surface area contributed by atoms with E-state index in [1.807, 2.05) is 26.8 Å². The van der Waals surface area contributed by atoms with Gasteiger partial charge in [0, 0.05) is 19.3 Å². The fraction of sp³-hybridized carbons (Fsp3) is 0.786. The highest BCUT2D eigenvalue weighted by molar-refractivity contribution is 7.47. The van der Waals surface area contributed by atoms with Crippen molar-refractivity contribution >= 4 is 43.5 Å². The number of carboxylic acid groups (broad SMARTS) is 1. The van der Waals surface area contributed by atoms with Crippen LogP contribution in [0.2, 0.25) is 0 Å². The summed E-state index contributed by atoms with van der Waals surface area (Å²) in [5.74, 6) is -6.56. The lowest BCUT2D eigenvalue weighted by Crippen LogP contribution is -2.72. The summed E-state index contributed by atoms with van der Waals surface area (Å²) >= 11 is 0. The fourth-order valence-corrected chi connectivity index (χ4v) is 11.8. The van der Waals surface area contributed by atoms with Crippen molar-refractivity contribution in [2.45, 2.75) is 246 Å². The summed E-state index contributed by atoms with van der Waals surface area (Å²) in [5, 5.41) is 136. The van der Waals surface area contributed by atoms with Crippen molar-refractivity contribution < 1.29 is 161 Å². The molecule has 5 amide bonds. The molecule has 29 atom stereocenters. The predicted octanol–water partition coefficient (Wildman–Crippen LogP) is -6.49. The molecule has 0 aromatic heterocycles. The van der Waals surface area contributed by atoms with Crippen LogP contribution in [0.5, 0.6) is 0 Å². The summed E-state index contributed by atoms with van der Waals surface area (Å²) < 4.78 is 88.0. The number of hydrogen-bond acceptors (Lipinski definition) is 31. The molecule has 0 aliphatic carbocycles. The van der Waals surface area contributed by atoms with Crippen molar-refractivity contribution in [1.82, 2.24) is 10.6 Å². The molecule has 0 aromatic rings. The van der Waals surface area contributed by atoms with Crippen molar-refractivity contribution in [3.63, 3.8) is 0 Å². The molecule has 38 nitrogen and oxygen atoms in total. The van der Waals surface area contributed by atoms with Crippen LogP contribution in [-0.4, -0.2) is 293 Å². The molecule has 5 aliphatic heterocycles. The van der Waals surface area contributed by atoms with Crippen LogP contribution in [0.3, 0.4) is 0 Å². The van der Waals surface area contributed by atoms with Gasteiger partial charge in [0.15, 0.2) is 62.0 Å². The van der Waals surface area contributed by atoms with E-state index in [9.17, 15) is 99.5 Å². The highest BCUT2D eigenvalue weighted by Crippen LogP contribution is 2.49. The Morgan fingerprint density at radius 3 is 1.80 bits per heavy atom. The van der Waals surface area contributed by atoms with Crippen molar-refractivity contribution in [3.8, 4) is 0 Å². The third-order valence-electron chi connectivity index (χ3n) is 16.5. The van der Waals surface area contributed by atoms with E-state index in [1.54, 1.807) is 6.92 Å². The molecular weight excluding hydrogens is 1300 g/mol. The van der Waals surface area contributed by atoms with E-state index in [0.29, 0.717) is 12.8 Å². The summed E-state index contributed by atoms with van der Waals surface area (Å²) in [6.45, 7) is 11.2. The fourth-order valence-electron chi connectivity index (χ4n) is 11.0. The Kier molecular flexibility index (Phi) is 29.5. The van der Waals surface area contributed by atoms with Gasteiger partial charge in [-0.2, -0.15) is 0 Å². The van der Waals surface area contributed by atoms with Gasteiger partial charge in [0.1, 0.15) is 90.9 Å². The zero-order valence-corrected chi connectivity index (χ0v) is 54.2. The Balaban J connectivity index is 1.51. The molecule has 0 bridgehead atoms. The molecule has 5 fully saturated rings. The van der Waals surface area contributed by atoms with E-state index in [0.717, 1.165) is 39.2 Å². The number of phosphoric ester groups is 1. The van der Waals surface area contributed by atoms with Crippen LogP contribution in [0.15, 0.2) is 36.0 Å². The first-order chi connectivity index (χ1) is 44.2. The molecule has 21 N–H and O–H groups in total. The average molecular weight is 1390 g/mol. The molecule has 0 aromatic carbocycles. The Bertz CT molecular complexity index is 2730. The van der Waals surface area contributed by atoms with Gasteiger partial charge in [0.05, 0.1) is 38.6 Å². The van der Waals surface area contributed by atoms with Crippen LogP contribution in [0.1, 0.15) is 81.1 Å². The second kappa shape index (κ2) is 34.7.